The minimum atomic E-state index is -0.868. The van der Waals surface area contributed by atoms with Gasteiger partial charge in [0.15, 0.2) is 0 Å². The molecule has 22 heavy (non-hydrogen) atoms. The summed E-state index contributed by atoms with van der Waals surface area (Å²) in [5, 5.41) is 8.90. The molecule has 0 N–H and O–H groups in total. The molecule has 1 aromatic heterocycles. The van der Waals surface area contributed by atoms with E-state index in [9.17, 15) is 19.2 Å². The molecule has 1 saturated carbocycles. The maximum atomic E-state index is 13.9. The third kappa shape index (κ3) is 2.06. The number of nitrogens with zero attached hydrogens (tertiary/aromatic N) is 2. The van der Waals surface area contributed by atoms with Crippen LogP contribution in [0, 0.1) is 17.1 Å². The van der Waals surface area contributed by atoms with Gasteiger partial charge in [-0.3, -0.25) is 4.79 Å². The summed E-state index contributed by atoms with van der Waals surface area (Å²) < 4.78 is 20.1. The average molecular weight is 321 g/mol. The van der Waals surface area contributed by atoms with Crippen LogP contribution in [0.25, 0.3) is 10.9 Å². The van der Waals surface area contributed by atoms with Gasteiger partial charge < -0.3 is 9.30 Å². The predicted molar refractivity (Wildman–Crippen MR) is 77.5 cm³/mol. The Bertz CT molecular complexity index is 910. The Labute approximate surface area is 129 Å². The second-order valence-electron chi connectivity index (χ2n) is 5.06. The first-order valence-corrected chi connectivity index (χ1v) is 6.92. The summed E-state index contributed by atoms with van der Waals surface area (Å²) >= 11 is 5.85. The quantitative estimate of drug-likeness (QED) is 0.798. The molecule has 0 radical (unpaired) electrons. The normalized spacial score (nSPS) is 13.9. The molecule has 2 aromatic rings. The zero-order valence-corrected chi connectivity index (χ0v) is 12.3. The topological polar surface area (TPSA) is 72.1 Å². The number of ether oxygens (including phenoxy) is 1. The molecular formula is C15H10ClFN2O3. The minimum absolute atomic E-state index is 0.0479. The summed E-state index contributed by atoms with van der Waals surface area (Å²) in [5.74, 6) is -1.66. The number of pyridine rings is 1. The molecule has 7 heteroatoms. The van der Waals surface area contributed by atoms with Gasteiger partial charge in [-0.2, -0.15) is 5.26 Å². The van der Waals surface area contributed by atoms with Gasteiger partial charge >= 0.3 is 5.97 Å². The Morgan fingerprint density at radius 1 is 1.55 bits per heavy atom. The highest BCUT2D eigenvalue weighted by molar-refractivity contribution is 6.33. The summed E-state index contributed by atoms with van der Waals surface area (Å²) in [4.78, 5) is 24.2. The maximum Gasteiger partial charge on any atom is 0.343 e. The fourth-order valence-electron chi connectivity index (χ4n) is 2.46. The molecular weight excluding hydrogens is 311 g/mol. The minimum Gasteiger partial charge on any atom is -0.465 e. The van der Waals surface area contributed by atoms with Gasteiger partial charge in [0.2, 0.25) is 5.43 Å². The van der Waals surface area contributed by atoms with Crippen molar-refractivity contribution in [3.63, 3.8) is 0 Å². The number of nitriles is 1. The first-order chi connectivity index (χ1) is 10.5. The van der Waals surface area contributed by atoms with Crippen molar-refractivity contribution in [2.45, 2.75) is 18.9 Å². The average Bonchev–Trinajstić information content (AvgIpc) is 3.34. The second-order valence-corrected chi connectivity index (χ2v) is 5.44. The van der Waals surface area contributed by atoms with Crippen LogP contribution < -0.4 is 5.43 Å². The van der Waals surface area contributed by atoms with Gasteiger partial charge in [0.25, 0.3) is 0 Å². The summed E-state index contributed by atoms with van der Waals surface area (Å²) in [6, 6.07) is 2.86. The molecule has 1 aromatic carbocycles. The van der Waals surface area contributed by atoms with E-state index >= 15 is 0 Å². The van der Waals surface area contributed by atoms with Crippen molar-refractivity contribution in [1.82, 2.24) is 4.57 Å². The van der Waals surface area contributed by atoms with Crippen molar-refractivity contribution < 1.29 is 13.9 Å². The maximum absolute atomic E-state index is 13.9. The molecule has 1 aliphatic rings. The van der Waals surface area contributed by atoms with E-state index in [2.05, 4.69) is 4.74 Å². The standard InChI is InChI=1S/C15H10ClFN2O3/c1-22-15(21)10-6-19(7-2-3-7)13-8(14(10)20)4-11(17)12(16)9(13)5-18/h4,6-7H,2-3H2,1H3. The first-order valence-electron chi connectivity index (χ1n) is 6.54. The number of aromatic nitrogens is 1. The predicted octanol–water partition coefficient (Wildman–Crippen LogP) is 2.79. The van der Waals surface area contributed by atoms with Crippen LogP contribution in [-0.2, 0) is 4.74 Å². The van der Waals surface area contributed by atoms with E-state index in [0.717, 1.165) is 26.0 Å². The van der Waals surface area contributed by atoms with Crippen molar-refractivity contribution in [2.75, 3.05) is 7.11 Å². The largest absolute Gasteiger partial charge is 0.465 e. The van der Waals surface area contributed by atoms with Crippen molar-refractivity contribution >= 4 is 28.5 Å². The Morgan fingerprint density at radius 2 is 2.23 bits per heavy atom. The van der Waals surface area contributed by atoms with Crippen molar-refractivity contribution in [3.8, 4) is 6.07 Å². The van der Waals surface area contributed by atoms with Gasteiger partial charge in [0.1, 0.15) is 17.4 Å². The number of esters is 1. The molecule has 0 saturated heterocycles. The first kappa shape index (κ1) is 14.5. The molecule has 0 bridgehead atoms. The van der Waals surface area contributed by atoms with E-state index in [4.69, 9.17) is 11.6 Å². The van der Waals surface area contributed by atoms with Crippen LogP contribution in [0.5, 0.6) is 0 Å². The van der Waals surface area contributed by atoms with Crippen LogP contribution >= 0.6 is 11.6 Å². The molecule has 5 nitrogen and oxygen atoms in total. The number of carbonyl (C=O) groups excluding carboxylic acids is 1. The van der Waals surface area contributed by atoms with Crippen molar-refractivity contribution in [1.29, 1.82) is 5.26 Å². The lowest BCUT2D eigenvalue weighted by atomic mass is 10.1. The number of hydrogen-bond donors (Lipinski definition) is 0. The molecule has 0 unspecified atom stereocenters. The van der Waals surface area contributed by atoms with Crippen LogP contribution in [0.2, 0.25) is 5.02 Å². The van der Waals surface area contributed by atoms with E-state index in [1.165, 1.54) is 6.20 Å². The van der Waals surface area contributed by atoms with Gasteiger partial charge in [-0.25, -0.2) is 9.18 Å². The fraction of sp³-hybridized carbons (Fsp3) is 0.267. The van der Waals surface area contributed by atoms with Crippen LogP contribution in [0.15, 0.2) is 17.1 Å². The molecule has 0 amide bonds. The zero-order valence-electron chi connectivity index (χ0n) is 11.5. The number of methoxy groups -OCH3 is 1. The Kier molecular flexibility index (Phi) is 3.38. The fourth-order valence-corrected chi connectivity index (χ4v) is 2.65. The van der Waals surface area contributed by atoms with Gasteiger partial charge in [-0.1, -0.05) is 11.6 Å². The molecule has 0 spiro atoms. The number of fused-ring (bicyclic) bond motifs is 1. The van der Waals surface area contributed by atoms with Crippen molar-refractivity contribution in [2.24, 2.45) is 0 Å². The number of halogens is 2. The number of benzene rings is 1. The Hall–Kier alpha value is -2.39. The number of hydrogen-bond acceptors (Lipinski definition) is 4. The van der Waals surface area contributed by atoms with Crippen molar-refractivity contribution in [3.05, 3.63) is 44.5 Å². The molecule has 0 aliphatic heterocycles. The molecule has 1 heterocycles. The molecule has 3 rings (SSSR count). The summed E-state index contributed by atoms with van der Waals surface area (Å²) in [6.07, 6.45) is 3.06. The Balaban J connectivity index is 2.51. The van der Waals surface area contributed by atoms with Gasteiger partial charge in [0.05, 0.1) is 28.6 Å². The summed E-state index contributed by atoms with van der Waals surface area (Å²) in [5.41, 5.74) is -0.704. The highest BCUT2D eigenvalue weighted by Gasteiger charge is 2.29. The highest BCUT2D eigenvalue weighted by Crippen LogP contribution is 2.39. The van der Waals surface area contributed by atoms with E-state index in [1.807, 2.05) is 6.07 Å². The van der Waals surface area contributed by atoms with Crippen LogP contribution in [-0.4, -0.2) is 17.6 Å². The third-order valence-electron chi connectivity index (χ3n) is 3.67. The molecule has 1 aliphatic carbocycles. The van der Waals surface area contributed by atoms with E-state index < -0.39 is 17.2 Å². The lowest BCUT2D eigenvalue weighted by Gasteiger charge is -2.14. The van der Waals surface area contributed by atoms with E-state index in [0.29, 0.717) is 0 Å². The summed E-state index contributed by atoms with van der Waals surface area (Å²) in [6.45, 7) is 0. The second kappa shape index (κ2) is 5.11. The number of rotatable bonds is 2. The summed E-state index contributed by atoms with van der Waals surface area (Å²) in [7, 11) is 1.16. The van der Waals surface area contributed by atoms with Crippen LogP contribution in [0.3, 0.4) is 0 Å². The van der Waals surface area contributed by atoms with Gasteiger partial charge in [0, 0.05) is 12.2 Å². The highest BCUT2D eigenvalue weighted by atomic mass is 35.5. The monoisotopic (exact) mass is 320 g/mol. The lowest BCUT2D eigenvalue weighted by Crippen LogP contribution is -2.20. The SMILES string of the molecule is COC(=O)c1cn(C2CC2)c2c(C#N)c(Cl)c(F)cc2c1=O. The molecule has 0 atom stereocenters. The third-order valence-corrected chi connectivity index (χ3v) is 4.03. The van der Waals surface area contributed by atoms with Gasteiger partial charge in [-0.05, 0) is 18.9 Å². The molecule has 112 valence electrons. The van der Waals surface area contributed by atoms with Gasteiger partial charge in [-0.15, -0.1) is 0 Å². The smallest absolute Gasteiger partial charge is 0.343 e. The van der Waals surface area contributed by atoms with Crippen LogP contribution in [0.1, 0.15) is 34.8 Å². The number of carbonyl (C=O) groups is 1. The van der Waals surface area contributed by atoms with Crippen LogP contribution in [0.4, 0.5) is 4.39 Å². The van der Waals surface area contributed by atoms with E-state index in [1.54, 1.807) is 4.57 Å². The van der Waals surface area contributed by atoms with E-state index in [-0.39, 0.29) is 33.1 Å². The zero-order chi connectivity index (χ0) is 16.0. The molecule has 1 fully saturated rings. The Morgan fingerprint density at radius 3 is 2.77 bits per heavy atom. The lowest BCUT2D eigenvalue weighted by molar-refractivity contribution is 0.0598.